The number of carboxylic acids is 1. The van der Waals surface area contributed by atoms with Gasteiger partial charge in [-0.2, -0.15) is 5.26 Å². The number of nitrogens with zero attached hydrogens (tertiary/aromatic N) is 2. The van der Waals surface area contributed by atoms with Crippen molar-refractivity contribution in [3.63, 3.8) is 0 Å². The van der Waals surface area contributed by atoms with Crippen molar-refractivity contribution < 1.29 is 14.7 Å². The molecular weight excluding hydrogens is 270 g/mol. The number of nitriles is 1. The van der Waals surface area contributed by atoms with Crippen LogP contribution in [0.2, 0.25) is 5.02 Å². The number of carboxylic acid groups (broad SMARTS) is 1. The molecule has 0 radical (unpaired) electrons. The second-order valence-electron chi connectivity index (χ2n) is 4.18. The first kappa shape index (κ1) is 13.2. The SMILES string of the molecule is N#Cc1ccc(NC(=O)N2CC(C(=O)O)C2)cc1Cl. The van der Waals surface area contributed by atoms with Gasteiger partial charge in [-0.05, 0) is 18.2 Å². The Balaban J connectivity index is 1.95. The average molecular weight is 280 g/mol. The Morgan fingerprint density at radius 1 is 1.47 bits per heavy atom. The van der Waals surface area contributed by atoms with Crippen molar-refractivity contribution in [1.29, 1.82) is 5.26 Å². The molecule has 0 aromatic heterocycles. The van der Waals surface area contributed by atoms with Gasteiger partial charge < -0.3 is 15.3 Å². The van der Waals surface area contributed by atoms with E-state index in [1.807, 2.05) is 6.07 Å². The van der Waals surface area contributed by atoms with Crippen molar-refractivity contribution in [3.05, 3.63) is 28.8 Å². The third-order valence-electron chi connectivity index (χ3n) is 2.86. The topological polar surface area (TPSA) is 93.4 Å². The fourth-order valence-corrected chi connectivity index (χ4v) is 1.91. The number of nitrogens with one attached hydrogen (secondary N) is 1. The summed E-state index contributed by atoms with van der Waals surface area (Å²) in [5.41, 5.74) is 0.794. The molecule has 6 nitrogen and oxygen atoms in total. The number of likely N-dealkylation sites (tertiary alicyclic amines) is 1. The number of amides is 2. The molecule has 1 aliphatic rings. The number of urea groups is 1. The van der Waals surface area contributed by atoms with Crippen molar-refractivity contribution in [2.75, 3.05) is 18.4 Å². The molecule has 19 heavy (non-hydrogen) atoms. The standard InChI is InChI=1S/C12H10ClN3O3/c13-10-3-9(2-1-7(10)4-14)15-12(19)16-5-8(6-16)11(17)18/h1-3,8H,5-6H2,(H,15,19)(H,17,18). The number of rotatable bonds is 2. The summed E-state index contributed by atoms with van der Waals surface area (Å²) >= 11 is 5.84. The molecule has 1 aromatic rings. The van der Waals surface area contributed by atoms with Gasteiger partial charge in [-0.25, -0.2) is 4.79 Å². The van der Waals surface area contributed by atoms with Gasteiger partial charge in [0.1, 0.15) is 6.07 Å². The lowest BCUT2D eigenvalue weighted by Crippen LogP contribution is -2.54. The third-order valence-corrected chi connectivity index (χ3v) is 3.17. The first-order chi connectivity index (χ1) is 9.01. The molecule has 2 N–H and O–H groups in total. The van der Waals surface area contributed by atoms with Gasteiger partial charge in [-0.15, -0.1) is 0 Å². The van der Waals surface area contributed by atoms with Crippen LogP contribution in [0, 0.1) is 17.2 Å². The van der Waals surface area contributed by atoms with Crippen LogP contribution in [0.15, 0.2) is 18.2 Å². The predicted molar refractivity (Wildman–Crippen MR) is 67.9 cm³/mol. The monoisotopic (exact) mass is 279 g/mol. The fraction of sp³-hybridized carbons (Fsp3) is 0.250. The van der Waals surface area contributed by atoms with Gasteiger partial charge in [-0.3, -0.25) is 4.79 Å². The molecule has 0 atom stereocenters. The maximum absolute atomic E-state index is 11.7. The normalized spacial score (nSPS) is 14.4. The second kappa shape index (κ2) is 5.16. The molecule has 1 aliphatic heterocycles. The number of hydrogen-bond acceptors (Lipinski definition) is 3. The number of aliphatic carboxylic acids is 1. The van der Waals surface area contributed by atoms with Gasteiger partial charge >= 0.3 is 12.0 Å². The number of anilines is 1. The van der Waals surface area contributed by atoms with E-state index in [2.05, 4.69) is 5.32 Å². The summed E-state index contributed by atoms with van der Waals surface area (Å²) in [6.45, 7) is 0.399. The summed E-state index contributed by atoms with van der Waals surface area (Å²) in [6, 6.07) is 6.10. The molecule has 2 rings (SSSR count). The van der Waals surface area contributed by atoms with E-state index in [0.717, 1.165) is 0 Å². The molecule has 0 aliphatic carbocycles. The van der Waals surface area contributed by atoms with E-state index in [0.29, 0.717) is 11.3 Å². The maximum Gasteiger partial charge on any atom is 0.321 e. The zero-order valence-corrected chi connectivity index (χ0v) is 10.5. The Labute approximate surface area is 114 Å². The number of hydrogen-bond donors (Lipinski definition) is 2. The van der Waals surface area contributed by atoms with E-state index < -0.39 is 11.9 Å². The van der Waals surface area contributed by atoms with Crippen molar-refractivity contribution in [2.24, 2.45) is 5.92 Å². The van der Waals surface area contributed by atoms with Gasteiger partial charge in [0.05, 0.1) is 16.5 Å². The number of benzene rings is 1. The second-order valence-corrected chi connectivity index (χ2v) is 4.58. The largest absolute Gasteiger partial charge is 0.481 e. The van der Waals surface area contributed by atoms with Crippen LogP contribution in [-0.4, -0.2) is 35.1 Å². The van der Waals surface area contributed by atoms with Gasteiger partial charge in [0.25, 0.3) is 0 Å². The van der Waals surface area contributed by atoms with Crippen LogP contribution in [0.25, 0.3) is 0 Å². The summed E-state index contributed by atoms with van der Waals surface area (Å²) in [7, 11) is 0. The van der Waals surface area contributed by atoms with Crippen LogP contribution >= 0.6 is 11.6 Å². The van der Waals surface area contributed by atoms with Gasteiger partial charge in [0.2, 0.25) is 0 Å². The zero-order chi connectivity index (χ0) is 14.0. The highest BCUT2D eigenvalue weighted by Gasteiger charge is 2.35. The maximum atomic E-state index is 11.7. The Kier molecular flexibility index (Phi) is 3.58. The molecule has 0 bridgehead atoms. The van der Waals surface area contributed by atoms with Crippen molar-refractivity contribution in [1.82, 2.24) is 4.90 Å². The third kappa shape index (κ3) is 2.77. The smallest absolute Gasteiger partial charge is 0.321 e. The van der Waals surface area contributed by atoms with Gasteiger partial charge in [0.15, 0.2) is 0 Å². The Morgan fingerprint density at radius 2 is 2.16 bits per heavy atom. The predicted octanol–water partition coefficient (Wildman–Crippen LogP) is 1.76. The van der Waals surface area contributed by atoms with E-state index >= 15 is 0 Å². The highest BCUT2D eigenvalue weighted by atomic mass is 35.5. The van der Waals surface area contributed by atoms with Gasteiger partial charge in [0, 0.05) is 18.8 Å². The molecule has 0 spiro atoms. The minimum absolute atomic E-state index is 0.200. The van der Waals surface area contributed by atoms with Gasteiger partial charge in [-0.1, -0.05) is 11.6 Å². The van der Waals surface area contributed by atoms with Crippen LogP contribution in [-0.2, 0) is 4.79 Å². The highest BCUT2D eigenvalue weighted by molar-refractivity contribution is 6.32. The molecule has 98 valence electrons. The summed E-state index contributed by atoms with van der Waals surface area (Å²) in [6.07, 6.45) is 0. The van der Waals surface area contributed by atoms with E-state index in [9.17, 15) is 9.59 Å². The fourth-order valence-electron chi connectivity index (χ4n) is 1.69. The molecule has 2 amide bonds. The van der Waals surface area contributed by atoms with E-state index in [4.69, 9.17) is 22.0 Å². The van der Waals surface area contributed by atoms with Crippen molar-refractivity contribution in [3.8, 4) is 6.07 Å². The Bertz CT molecular complexity index is 576. The molecule has 1 heterocycles. The summed E-state index contributed by atoms with van der Waals surface area (Å²) in [5, 5.41) is 20.3. The summed E-state index contributed by atoms with van der Waals surface area (Å²) in [4.78, 5) is 23.8. The van der Waals surface area contributed by atoms with Crippen molar-refractivity contribution >= 4 is 29.3 Å². The van der Waals surface area contributed by atoms with Crippen LogP contribution < -0.4 is 5.32 Å². The summed E-state index contributed by atoms with van der Waals surface area (Å²) in [5.74, 6) is -1.39. The Hall–Kier alpha value is -2.26. The lowest BCUT2D eigenvalue weighted by atomic mass is 10.0. The molecule has 1 fully saturated rings. The van der Waals surface area contributed by atoms with Crippen LogP contribution in [0.3, 0.4) is 0 Å². The highest BCUT2D eigenvalue weighted by Crippen LogP contribution is 2.22. The van der Waals surface area contributed by atoms with E-state index in [1.165, 1.54) is 17.0 Å². The number of halogens is 1. The molecule has 1 saturated heterocycles. The number of carbonyl (C=O) groups excluding carboxylic acids is 1. The number of carbonyl (C=O) groups is 2. The lowest BCUT2D eigenvalue weighted by Gasteiger charge is -2.36. The average Bonchev–Trinajstić information content (AvgIpc) is 2.26. The Morgan fingerprint density at radius 3 is 2.68 bits per heavy atom. The molecule has 7 heteroatoms. The van der Waals surface area contributed by atoms with E-state index in [-0.39, 0.29) is 24.1 Å². The minimum Gasteiger partial charge on any atom is -0.481 e. The minimum atomic E-state index is -0.898. The van der Waals surface area contributed by atoms with E-state index in [1.54, 1.807) is 6.07 Å². The van der Waals surface area contributed by atoms with Crippen LogP contribution in [0.4, 0.5) is 10.5 Å². The van der Waals surface area contributed by atoms with Crippen molar-refractivity contribution in [2.45, 2.75) is 0 Å². The molecule has 1 aromatic carbocycles. The summed E-state index contributed by atoms with van der Waals surface area (Å²) < 4.78 is 0. The molecule has 0 saturated carbocycles. The quantitative estimate of drug-likeness (QED) is 0.862. The van der Waals surface area contributed by atoms with Crippen LogP contribution in [0.5, 0.6) is 0 Å². The first-order valence-electron chi connectivity index (χ1n) is 5.49. The van der Waals surface area contributed by atoms with Crippen LogP contribution in [0.1, 0.15) is 5.56 Å². The molecule has 0 unspecified atom stereocenters. The molecular formula is C12H10ClN3O3. The lowest BCUT2D eigenvalue weighted by molar-refractivity contribution is -0.145. The zero-order valence-electron chi connectivity index (χ0n) is 9.76. The first-order valence-corrected chi connectivity index (χ1v) is 5.87.